The van der Waals surface area contributed by atoms with Crippen molar-refractivity contribution in [3.05, 3.63) is 51.7 Å². The second kappa shape index (κ2) is 6.81. The summed E-state index contributed by atoms with van der Waals surface area (Å²) in [6.07, 6.45) is 0. The van der Waals surface area contributed by atoms with Gasteiger partial charge >= 0.3 is 6.61 Å². The van der Waals surface area contributed by atoms with E-state index in [1.54, 1.807) is 23.5 Å². The van der Waals surface area contributed by atoms with Crippen LogP contribution in [0.25, 0.3) is 0 Å². The molecule has 1 atom stereocenters. The molecular weight excluding hydrogens is 280 g/mol. The van der Waals surface area contributed by atoms with Gasteiger partial charge in [0.05, 0.1) is 6.04 Å². The predicted octanol–water partition coefficient (Wildman–Crippen LogP) is 4.36. The van der Waals surface area contributed by atoms with Gasteiger partial charge in [-0.2, -0.15) is 8.78 Å². The number of benzene rings is 1. The molecule has 108 valence electrons. The number of hydrogen-bond donors (Lipinski definition) is 1. The summed E-state index contributed by atoms with van der Waals surface area (Å²) in [4.78, 5) is 1.25. The van der Waals surface area contributed by atoms with Gasteiger partial charge in [-0.15, -0.1) is 11.3 Å². The van der Waals surface area contributed by atoms with Crippen molar-refractivity contribution in [3.63, 3.8) is 0 Å². The van der Waals surface area contributed by atoms with E-state index in [0.29, 0.717) is 0 Å². The van der Waals surface area contributed by atoms with E-state index in [0.717, 1.165) is 12.1 Å². The molecule has 0 aliphatic rings. The molecule has 1 heterocycles. The van der Waals surface area contributed by atoms with Crippen LogP contribution in [0.4, 0.5) is 8.78 Å². The van der Waals surface area contributed by atoms with E-state index in [4.69, 9.17) is 0 Å². The zero-order valence-corrected chi connectivity index (χ0v) is 12.2. The van der Waals surface area contributed by atoms with Gasteiger partial charge in [0.15, 0.2) is 0 Å². The Bertz CT molecular complexity index is 539. The van der Waals surface area contributed by atoms with Crippen molar-refractivity contribution in [1.82, 2.24) is 5.32 Å². The molecule has 0 saturated heterocycles. The number of hydrogen-bond acceptors (Lipinski definition) is 3. The minimum absolute atomic E-state index is 0.0758. The van der Waals surface area contributed by atoms with Gasteiger partial charge in [0, 0.05) is 4.88 Å². The lowest BCUT2D eigenvalue weighted by Crippen LogP contribution is -2.22. The molecule has 0 fully saturated rings. The normalized spacial score (nSPS) is 12.7. The Balaban J connectivity index is 2.24. The first-order chi connectivity index (χ1) is 9.61. The Morgan fingerprint density at radius 3 is 2.40 bits per heavy atom. The maximum absolute atomic E-state index is 12.1. The quantitative estimate of drug-likeness (QED) is 0.855. The van der Waals surface area contributed by atoms with E-state index in [2.05, 4.69) is 28.4 Å². The molecule has 1 aromatic heterocycles. The molecule has 2 nitrogen and oxygen atoms in total. The molecular formula is C15H17F2NOS. The first-order valence-corrected chi connectivity index (χ1v) is 7.32. The topological polar surface area (TPSA) is 21.3 Å². The molecule has 0 saturated carbocycles. The van der Waals surface area contributed by atoms with Crippen LogP contribution in [0.5, 0.6) is 5.75 Å². The first-order valence-electron chi connectivity index (χ1n) is 6.44. The molecule has 0 radical (unpaired) electrons. The minimum Gasteiger partial charge on any atom is -0.435 e. The highest BCUT2D eigenvalue weighted by molar-refractivity contribution is 7.10. The Labute approximate surface area is 121 Å². The highest BCUT2D eigenvalue weighted by Crippen LogP contribution is 2.29. The van der Waals surface area contributed by atoms with Crippen molar-refractivity contribution in [1.29, 1.82) is 0 Å². The SMILES string of the molecule is CCNC(c1ccc(OC(F)F)cc1)c1ccsc1C. The molecule has 20 heavy (non-hydrogen) atoms. The first kappa shape index (κ1) is 14.9. The van der Waals surface area contributed by atoms with Gasteiger partial charge in [-0.1, -0.05) is 19.1 Å². The number of ether oxygens (including phenoxy) is 1. The van der Waals surface area contributed by atoms with Crippen LogP contribution >= 0.6 is 11.3 Å². The maximum Gasteiger partial charge on any atom is 0.387 e. The molecule has 2 rings (SSSR count). The predicted molar refractivity (Wildman–Crippen MR) is 77.6 cm³/mol. The van der Waals surface area contributed by atoms with Gasteiger partial charge in [0.1, 0.15) is 5.75 Å². The summed E-state index contributed by atoms with van der Waals surface area (Å²) < 4.78 is 28.7. The van der Waals surface area contributed by atoms with Crippen LogP contribution in [0.15, 0.2) is 35.7 Å². The smallest absolute Gasteiger partial charge is 0.387 e. The second-order valence-electron chi connectivity index (χ2n) is 4.37. The summed E-state index contributed by atoms with van der Waals surface area (Å²) in [7, 11) is 0. The van der Waals surface area contributed by atoms with Crippen LogP contribution in [-0.4, -0.2) is 13.2 Å². The van der Waals surface area contributed by atoms with E-state index in [1.165, 1.54) is 10.4 Å². The monoisotopic (exact) mass is 297 g/mol. The van der Waals surface area contributed by atoms with Crippen molar-refractivity contribution in [2.45, 2.75) is 26.5 Å². The van der Waals surface area contributed by atoms with Crippen LogP contribution < -0.4 is 10.1 Å². The third-order valence-electron chi connectivity index (χ3n) is 3.06. The molecule has 5 heteroatoms. The summed E-state index contributed by atoms with van der Waals surface area (Å²) in [5.74, 6) is 0.182. The Kier molecular flexibility index (Phi) is 5.09. The van der Waals surface area contributed by atoms with E-state index >= 15 is 0 Å². The molecule has 1 N–H and O–H groups in total. The number of aryl methyl sites for hydroxylation is 1. The molecule has 2 aromatic rings. The van der Waals surface area contributed by atoms with Crippen molar-refractivity contribution in [2.24, 2.45) is 0 Å². The highest BCUT2D eigenvalue weighted by Gasteiger charge is 2.16. The Morgan fingerprint density at radius 2 is 1.90 bits per heavy atom. The molecule has 0 aliphatic heterocycles. The average Bonchev–Trinajstić information content (AvgIpc) is 2.83. The van der Waals surface area contributed by atoms with Crippen LogP contribution in [0.2, 0.25) is 0 Å². The van der Waals surface area contributed by atoms with E-state index in [-0.39, 0.29) is 11.8 Å². The van der Waals surface area contributed by atoms with Gasteiger partial charge in [-0.05, 0) is 48.2 Å². The van der Waals surface area contributed by atoms with Gasteiger partial charge in [0.2, 0.25) is 0 Å². The fourth-order valence-corrected chi connectivity index (χ4v) is 2.89. The molecule has 1 aromatic carbocycles. The summed E-state index contributed by atoms with van der Waals surface area (Å²) in [6, 6.07) is 8.97. The van der Waals surface area contributed by atoms with Crippen molar-refractivity contribution < 1.29 is 13.5 Å². The fraction of sp³-hybridized carbons (Fsp3) is 0.333. The minimum atomic E-state index is -2.79. The van der Waals surface area contributed by atoms with Crippen LogP contribution in [0, 0.1) is 6.92 Å². The summed E-state index contributed by atoms with van der Waals surface area (Å²) >= 11 is 1.70. The van der Waals surface area contributed by atoms with Crippen molar-refractivity contribution in [3.8, 4) is 5.75 Å². The number of thiophene rings is 1. The number of alkyl halides is 2. The molecule has 1 unspecified atom stereocenters. The van der Waals surface area contributed by atoms with Gasteiger partial charge in [0.25, 0.3) is 0 Å². The fourth-order valence-electron chi connectivity index (χ4n) is 2.15. The number of nitrogens with one attached hydrogen (secondary N) is 1. The maximum atomic E-state index is 12.1. The molecule has 0 amide bonds. The third kappa shape index (κ3) is 3.55. The second-order valence-corrected chi connectivity index (χ2v) is 5.49. The number of halogens is 2. The largest absolute Gasteiger partial charge is 0.435 e. The van der Waals surface area contributed by atoms with Crippen LogP contribution in [0.3, 0.4) is 0 Å². The summed E-state index contributed by atoms with van der Waals surface area (Å²) in [5, 5.41) is 5.48. The summed E-state index contributed by atoms with van der Waals surface area (Å²) in [6.45, 7) is 2.17. The van der Waals surface area contributed by atoms with Crippen LogP contribution in [-0.2, 0) is 0 Å². The lowest BCUT2D eigenvalue weighted by atomic mass is 9.99. The lowest BCUT2D eigenvalue weighted by molar-refractivity contribution is -0.0498. The number of rotatable bonds is 6. The molecule has 0 spiro atoms. The van der Waals surface area contributed by atoms with E-state index in [1.807, 2.05) is 19.1 Å². The molecule has 0 bridgehead atoms. The van der Waals surface area contributed by atoms with E-state index < -0.39 is 6.61 Å². The summed E-state index contributed by atoms with van der Waals surface area (Å²) in [5.41, 5.74) is 2.26. The van der Waals surface area contributed by atoms with Gasteiger partial charge < -0.3 is 10.1 Å². The molecule has 0 aliphatic carbocycles. The van der Waals surface area contributed by atoms with Gasteiger partial charge in [-0.3, -0.25) is 0 Å². The Hall–Kier alpha value is -1.46. The van der Waals surface area contributed by atoms with Crippen molar-refractivity contribution in [2.75, 3.05) is 6.54 Å². The Morgan fingerprint density at radius 1 is 1.20 bits per heavy atom. The van der Waals surface area contributed by atoms with Gasteiger partial charge in [-0.25, -0.2) is 0 Å². The van der Waals surface area contributed by atoms with E-state index in [9.17, 15) is 8.78 Å². The third-order valence-corrected chi connectivity index (χ3v) is 3.92. The standard InChI is InChI=1S/C15H17F2NOS/c1-3-18-14(13-8-9-20-10(13)2)11-4-6-12(7-5-11)19-15(16)17/h4-9,14-15,18H,3H2,1-2H3. The van der Waals surface area contributed by atoms with Crippen molar-refractivity contribution >= 4 is 11.3 Å². The average molecular weight is 297 g/mol. The zero-order chi connectivity index (χ0) is 14.5. The lowest BCUT2D eigenvalue weighted by Gasteiger charge is -2.19. The van der Waals surface area contributed by atoms with Crippen LogP contribution in [0.1, 0.15) is 29.0 Å². The highest BCUT2D eigenvalue weighted by atomic mass is 32.1. The zero-order valence-electron chi connectivity index (χ0n) is 11.4.